The molecule has 0 aliphatic heterocycles. The molecule has 0 rings (SSSR count). The first kappa shape index (κ1) is 28.8. The van der Waals surface area contributed by atoms with Gasteiger partial charge in [-0.3, -0.25) is 4.79 Å². The largest absolute Gasteiger partial charge is 0.518 e. The van der Waals surface area contributed by atoms with Gasteiger partial charge >= 0.3 is 9.28 Å². The molecule has 6 heteroatoms. The van der Waals surface area contributed by atoms with Crippen molar-refractivity contribution in [2.75, 3.05) is 13.2 Å². The number of hydrogen-bond acceptors (Lipinski definition) is 4. The fraction of sp³-hybridized carbons (Fsp3) is 0.957. The molecule has 0 aliphatic rings. The summed E-state index contributed by atoms with van der Waals surface area (Å²) < 4.78 is 18.6. The summed E-state index contributed by atoms with van der Waals surface area (Å²) in [5.41, 5.74) is 0. The molecule has 0 saturated carbocycles. The topological polar surface area (TPSA) is 44.8 Å². The molecule has 4 nitrogen and oxygen atoms in total. The molecule has 0 heterocycles. The summed E-state index contributed by atoms with van der Waals surface area (Å²) in [4.78, 5) is 13.8. The molecule has 1 unspecified atom stereocenters. The molecule has 0 aromatic rings. The first-order chi connectivity index (χ1) is 13.3. The van der Waals surface area contributed by atoms with Gasteiger partial charge in [0.1, 0.15) is 5.04 Å². The van der Waals surface area contributed by atoms with Crippen molar-refractivity contribution in [2.45, 2.75) is 129 Å². The van der Waals surface area contributed by atoms with Gasteiger partial charge in [-0.15, -0.1) is 0 Å². The molecule has 0 aliphatic carbocycles. The minimum atomic E-state index is -2.47. The number of carbonyl (C=O) groups is 1. The lowest BCUT2D eigenvalue weighted by atomic mass is 10.1. The van der Waals surface area contributed by atoms with Gasteiger partial charge in [0.2, 0.25) is 0 Å². The molecular formula is C23H49O4Si2. The Morgan fingerprint density at radius 1 is 0.793 bits per heavy atom. The quantitative estimate of drug-likeness (QED) is 0.219. The highest BCUT2D eigenvalue weighted by Gasteiger charge is 2.59. The third-order valence-corrected chi connectivity index (χ3v) is 15.2. The number of hydrogen-bond donors (Lipinski definition) is 0. The average Bonchev–Trinajstić information content (AvgIpc) is 2.61. The zero-order chi connectivity index (χ0) is 22.9. The van der Waals surface area contributed by atoms with Crippen molar-refractivity contribution < 1.29 is 18.1 Å². The van der Waals surface area contributed by atoms with E-state index in [1.54, 1.807) is 0 Å². The first-order valence-corrected chi connectivity index (χ1v) is 15.1. The molecule has 29 heavy (non-hydrogen) atoms. The standard InChI is InChI=1S/C23H49O4Si2/c1-12-16-17-18-19-29(21(5,6)7,22(8,9)10)27-20(24)23(11,13-2)28(25-14-3)26-15-4/h12-19H2,1-11H3. The summed E-state index contributed by atoms with van der Waals surface area (Å²) in [7, 11) is -4.25. The highest BCUT2D eigenvalue weighted by molar-refractivity contribution is 6.81. The summed E-state index contributed by atoms with van der Waals surface area (Å²) in [5.74, 6) is -0.109. The van der Waals surface area contributed by atoms with Crippen molar-refractivity contribution in [2.24, 2.45) is 0 Å². The highest BCUT2D eigenvalue weighted by atomic mass is 28.4. The minimum Gasteiger partial charge on any atom is -0.518 e. The molecular weight excluding hydrogens is 396 g/mol. The van der Waals surface area contributed by atoms with E-state index in [1.807, 2.05) is 27.7 Å². The summed E-state index contributed by atoms with van der Waals surface area (Å²) in [5, 5.41) is -0.813. The van der Waals surface area contributed by atoms with Crippen LogP contribution in [0.3, 0.4) is 0 Å². The second-order valence-corrected chi connectivity index (χ2v) is 18.0. The first-order valence-electron chi connectivity index (χ1n) is 11.6. The van der Waals surface area contributed by atoms with E-state index in [4.69, 9.17) is 13.3 Å². The zero-order valence-corrected chi connectivity index (χ0v) is 23.3. The van der Waals surface area contributed by atoms with Gasteiger partial charge < -0.3 is 13.3 Å². The lowest BCUT2D eigenvalue weighted by molar-refractivity contribution is -0.140. The van der Waals surface area contributed by atoms with E-state index in [0.717, 1.165) is 12.5 Å². The smallest absolute Gasteiger partial charge is 0.402 e. The van der Waals surface area contributed by atoms with E-state index < -0.39 is 22.6 Å². The third-order valence-electron chi connectivity index (χ3n) is 6.23. The highest BCUT2D eigenvalue weighted by Crippen LogP contribution is 2.56. The average molecular weight is 446 g/mol. The molecule has 173 valence electrons. The van der Waals surface area contributed by atoms with Crippen LogP contribution in [0.4, 0.5) is 0 Å². The number of unbranched alkanes of at least 4 members (excludes halogenated alkanes) is 3. The van der Waals surface area contributed by atoms with Gasteiger partial charge in [0.05, 0.1) is 0 Å². The van der Waals surface area contributed by atoms with Gasteiger partial charge in [-0.1, -0.05) is 81.1 Å². The van der Waals surface area contributed by atoms with Crippen LogP contribution < -0.4 is 0 Å². The van der Waals surface area contributed by atoms with E-state index in [1.165, 1.54) is 19.3 Å². The zero-order valence-electron chi connectivity index (χ0n) is 21.3. The molecule has 0 N–H and O–H groups in total. The summed E-state index contributed by atoms with van der Waals surface area (Å²) in [6.45, 7) is 24.9. The van der Waals surface area contributed by atoms with Gasteiger partial charge in [-0.05, 0) is 43.3 Å². The number of carbonyl (C=O) groups excluding carboxylic acids is 1. The van der Waals surface area contributed by atoms with Gasteiger partial charge in [-0.2, -0.15) is 0 Å². The molecule has 0 saturated heterocycles. The van der Waals surface area contributed by atoms with E-state index in [2.05, 4.69) is 48.5 Å². The molecule has 1 atom stereocenters. The van der Waals surface area contributed by atoms with Crippen LogP contribution in [-0.2, 0) is 18.1 Å². The minimum absolute atomic E-state index is 0.0497. The molecule has 0 bridgehead atoms. The second kappa shape index (κ2) is 12.0. The van der Waals surface area contributed by atoms with E-state index in [9.17, 15) is 4.79 Å². The Hall–Kier alpha value is -0.176. The molecule has 0 aromatic carbocycles. The van der Waals surface area contributed by atoms with Gasteiger partial charge in [0.25, 0.3) is 14.3 Å². The van der Waals surface area contributed by atoms with Crippen LogP contribution in [0.25, 0.3) is 0 Å². The Labute approximate surface area is 184 Å². The van der Waals surface area contributed by atoms with E-state index >= 15 is 0 Å². The van der Waals surface area contributed by atoms with Crippen molar-refractivity contribution in [1.82, 2.24) is 0 Å². The van der Waals surface area contributed by atoms with Crippen LogP contribution in [0.15, 0.2) is 0 Å². The lowest BCUT2D eigenvalue weighted by Crippen LogP contribution is -2.58. The Balaban J connectivity index is 6.04. The van der Waals surface area contributed by atoms with Gasteiger partial charge in [0.15, 0.2) is 0 Å². The Bertz CT molecular complexity index is 462. The van der Waals surface area contributed by atoms with Crippen molar-refractivity contribution in [3.8, 4) is 0 Å². The molecule has 0 fully saturated rings. The van der Waals surface area contributed by atoms with Crippen LogP contribution in [0.5, 0.6) is 0 Å². The predicted octanol–water partition coefficient (Wildman–Crippen LogP) is 7.39. The van der Waals surface area contributed by atoms with Gasteiger partial charge in [-0.25, -0.2) is 0 Å². The Morgan fingerprint density at radius 3 is 1.62 bits per heavy atom. The van der Waals surface area contributed by atoms with Crippen molar-refractivity contribution in [1.29, 1.82) is 0 Å². The second-order valence-electron chi connectivity index (χ2n) is 10.4. The monoisotopic (exact) mass is 445 g/mol. The maximum Gasteiger partial charge on any atom is 0.402 e. The van der Waals surface area contributed by atoms with E-state index in [-0.39, 0.29) is 16.0 Å². The normalized spacial score (nSPS) is 15.4. The maximum absolute atomic E-state index is 13.8. The maximum atomic E-state index is 13.8. The van der Waals surface area contributed by atoms with Crippen molar-refractivity contribution in [3.63, 3.8) is 0 Å². The Kier molecular flexibility index (Phi) is 11.9. The third kappa shape index (κ3) is 7.18. The van der Waals surface area contributed by atoms with Crippen LogP contribution >= 0.6 is 0 Å². The van der Waals surface area contributed by atoms with Crippen molar-refractivity contribution >= 4 is 23.6 Å². The lowest BCUT2D eigenvalue weighted by Gasteiger charge is -2.51. The molecule has 1 radical (unpaired) electrons. The Morgan fingerprint density at radius 2 is 1.28 bits per heavy atom. The van der Waals surface area contributed by atoms with E-state index in [0.29, 0.717) is 19.6 Å². The number of rotatable bonds is 13. The molecule has 0 spiro atoms. The molecule has 0 amide bonds. The van der Waals surface area contributed by atoms with Crippen LogP contribution in [0.2, 0.25) is 21.2 Å². The fourth-order valence-corrected chi connectivity index (χ4v) is 11.9. The van der Waals surface area contributed by atoms with Crippen LogP contribution in [0.1, 0.15) is 108 Å². The van der Waals surface area contributed by atoms with Crippen molar-refractivity contribution in [3.05, 3.63) is 0 Å². The van der Waals surface area contributed by atoms with Crippen LogP contribution in [-0.4, -0.2) is 36.8 Å². The summed E-state index contributed by atoms with van der Waals surface area (Å²) in [6.07, 6.45) is 5.43. The SMILES string of the molecule is CCCCCC[Si](OC(=O)C(C)(CC)[Si](OCC)OCC)(C(C)(C)C)C(C)(C)C. The fourth-order valence-electron chi connectivity index (χ4n) is 4.30. The molecule has 0 aromatic heterocycles. The summed E-state index contributed by atoms with van der Waals surface area (Å²) >= 11 is 0. The predicted molar refractivity (Wildman–Crippen MR) is 128 cm³/mol. The van der Waals surface area contributed by atoms with Gasteiger partial charge in [0, 0.05) is 13.2 Å². The summed E-state index contributed by atoms with van der Waals surface area (Å²) in [6, 6.07) is 1.01. The van der Waals surface area contributed by atoms with Crippen LogP contribution in [0, 0.1) is 0 Å².